The molecule has 3 N–H and O–H groups in total. The Labute approximate surface area is 130 Å². The largest absolute Gasteiger partial charge is 0.409 e. The number of hydrogen-bond acceptors (Lipinski definition) is 4. The molecule has 0 bridgehead atoms. The average Bonchev–Trinajstić information content (AvgIpc) is 2.40. The van der Waals surface area contributed by atoms with Crippen LogP contribution in [0.1, 0.15) is 16.8 Å². The van der Waals surface area contributed by atoms with Gasteiger partial charge in [0.1, 0.15) is 5.03 Å². The van der Waals surface area contributed by atoms with E-state index in [-0.39, 0.29) is 5.84 Å². The Morgan fingerprint density at radius 2 is 1.95 bits per heavy atom. The Morgan fingerprint density at radius 1 is 1.30 bits per heavy atom. The van der Waals surface area contributed by atoms with Crippen molar-refractivity contribution >= 4 is 33.5 Å². The van der Waals surface area contributed by atoms with E-state index in [0.717, 1.165) is 25.7 Å². The van der Waals surface area contributed by atoms with Crippen LogP contribution in [0.2, 0.25) is 0 Å². The Balaban J connectivity index is 2.47. The molecule has 1 aromatic carbocycles. The maximum absolute atomic E-state index is 8.93. The number of amidine groups is 1. The first kappa shape index (κ1) is 14.9. The molecule has 0 spiro atoms. The standard InChI is InChI=1S/C14H14BrN3OS/c1-8-7-9(2)17-14(12(8)13(16)18-19)20-11-5-3-10(15)4-6-11/h3-7,19H,1-2H3,(H2,16,18). The number of aryl methyl sites for hydroxylation is 2. The average molecular weight is 352 g/mol. The van der Waals surface area contributed by atoms with Gasteiger partial charge in [0, 0.05) is 15.1 Å². The summed E-state index contributed by atoms with van der Waals surface area (Å²) in [6.45, 7) is 3.85. The summed E-state index contributed by atoms with van der Waals surface area (Å²) < 4.78 is 1.02. The van der Waals surface area contributed by atoms with Crippen LogP contribution in [-0.4, -0.2) is 16.0 Å². The Kier molecular flexibility index (Phi) is 4.67. The molecule has 0 aliphatic rings. The van der Waals surface area contributed by atoms with Crippen LogP contribution in [0.3, 0.4) is 0 Å². The van der Waals surface area contributed by atoms with Crippen LogP contribution < -0.4 is 5.73 Å². The van der Waals surface area contributed by atoms with Crippen LogP contribution in [0.15, 0.2) is 49.9 Å². The van der Waals surface area contributed by atoms with E-state index >= 15 is 0 Å². The molecule has 2 aromatic rings. The van der Waals surface area contributed by atoms with Crippen molar-refractivity contribution in [1.29, 1.82) is 0 Å². The van der Waals surface area contributed by atoms with Gasteiger partial charge < -0.3 is 10.9 Å². The lowest BCUT2D eigenvalue weighted by Crippen LogP contribution is -2.17. The van der Waals surface area contributed by atoms with Gasteiger partial charge in [-0.15, -0.1) is 0 Å². The maximum atomic E-state index is 8.93. The highest BCUT2D eigenvalue weighted by Gasteiger charge is 2.14. The van der Waals surface area contributed by atoms with Crippen molar-refractivity contribution in [2.45, 2.75) is 23.8 Å². The normalized spacial score (nSPS) is 11.7. The van der Waals surface area contributed by atoms with Gasteiger partial charge >= 0.3 is 0 Å². The SMILES string of the molecule is Cc1cc(C)c(C(N)=NO)c(Sc2ccc(Br)cc2)n1. The summed E-state index contributed by atoms with van der Waals surface area (Å²) in [5.74, 6) is 0.0783. The lowest BCUT2D eigenvalue weighted by atomic mass is 10.1. The number of oxime groups is 1. The van der Waals surface area contributed by atoms with E-state index in [1.807, 2.05) is 44.2 Å². The van der Waals surface area contributed by atoms with Gasteiger partial charge in [0.05, 0.1) is 5.56 Å². The summed E-state index contributed by atoms with van der Waals surface area (Å²) in [6, 6.07) is 9.83. The molecule has 104 valence electrons. The van der Waals surface area contributed by atoms with Gasteiger partial charge in [0.25, 0.3) is 0 Å². The minimum atomic E-state index is 0.0783. The summed E-state index contributed by atoms with van der Waals surface area (Å²) in [5.41, 5.74) is 8.27. The molecule has 0 atom stereocenters. The number of nitrogens with zero attached hydrogens (tertiary/aromatic N) is 2. The first-order chi connectivity index (χ1) is 9.51. The van der Waals surface area contributed by atoms with Crippen LogP contribution in [0.25, 0.3) is 0 Å². The maximum Gasteiger partial charge on any atom is 0.173 e. The molecule has 2 rings (SSSR count). The van der Waals surface area contributed by atoms with Crippen molar-refractivity contribution in [1.82, 2.24) is 4.98 Å². The van der Waals surface area contributed by atoms with Gasteiger partial charge in [0.2, 0.25) is 0 Å². The fourth-order valence-electron chi connectivity index (χ4n) is 1.85. The van der Waals surface area contributed by atoms with Gasteiger partial charge in [-0.2, -0.15) is 0 Å². The van der Waals surface area contributed by atoms with Crippen molar-refractivity contribution in [3.05, 3.63) is 51.6 Å². The van der Waals surface area contributed by atoms with Gasteiger partial charge in [0.15, 0.2) is 5.84 Å². The smallest absolute Gasteiger partial charge is 0.173 e. The van der Waals surface area contributed by atoms with Crippen LogP contribution in [0, 0.1) is 13.8 Å². The second kappa shape index (κ2) is 6.28. The van der Waals surface area contributed by atoms with E-state index in [4.69, 9.17) is 10.9 Å². The van der Waals surface area contributed by atoms with Gasteiger partial charge in [-0.1, -0.05) is 32.8 Å². The zero-order valence-electron chi connectivity index (χ0n) is 11.1. The molecule has 0 radical (unpaired) electrons. The molecule has 4 nitrogen and oxygen atoms in total. The zero-order chi connectivity index (χ0) is 14.7. The fraction of sp³-hybridized carbons (Fsp3) is 0.143. The Morgan fingerprint density at radius 3 is 2.55 bits per heavy atom. The van der Waals surface area contributed by atoms with E-state index in [0.29, 0.717) is 5.56 Å². The van der Waals surface area contributed by atoms with Crippen molar-refractivity contribution in [2.24, 2.45) is 10.9 Å². The van der Waals surface area contributed by atoms with Crippen molar-refractivity contribution in [3.8, 4) is 0 Å². The number of aromatic nitrogens is 1. The summed E-state index contributed by atoms with van der Waals surface area (Å²) in [4.78, 5) is 5.54. The van der Waals surface area contributed by atoms with Gasteiger partial charge in [-0.25, -0.2) is 4.98 Å². The topological polar surface area (TPSA) is 71.5 Å². The molecule has 0 amide bonds. The molecule has 0 aliphatic carbocycles. The molecule has 0 aliphatic heterocycles. The molecule has 0 unspecified atom stereocenters. The van der Waals surface area contributed by atoms with E-state index in [1.54, 1.807) is 0 Å². The highest BCUT2D eigenvalue weighted by molar-refractivity contribution is 9.10. The highest BCUT2D eigenvalue weighted by Crippen LogP contribution is 2.31. The van der Waals surface area contributed by atoms with Gasteiger partial charge in [-0.3, -0.25) is 0 Å². The van der Waals surface area contributed by atoms with Gasteiger partial charge in [-0.05, 0) is 49.7 Å². The molecule has 1 heterocycles. The summed E-state index contributed by atoms with van der Waals surface area (Å²) >= 11 is 4.90. The zero-order valence-corrected chi connectivity index (χ0v) is 13.5. The predicted molar refractivity (Wildman–Crippen MR) is 84.5 cm³/mol. The van der Waals surface area contributed by atoms with Crippen LogP contribution >= 0.6 is 27.7 Å². The van der Waals surface area contributed by atoms with Crippen molar-refractivity contribution in [3.63, 3.8) is 0 Å². The second-order valence-corrected chi connectivity index (χ2v) is 6.28. The predicted octanol–water partition coefficient (Wildman–Crippen LogP) is 3.71. The summed E-state index contributed by atoms with van der Waals surface area (Å²) in [5, 5.41) is 12.8. The minimum absolute atomic E-state index is 0.0783. The number of nitrogens with two attached hydrogens (primary N) is 1. The van der Waals surface area contributed by atoms with Crippen molar-refractivity contribution in [2.75, 3.05) is 0 Å². The molecular weight excluding hydrogens is 338 g/mol. The number of benzene rings is 1. The monoisotopic (exact) mass is 351 g/mol. The van der Waals surface area contributed by atoms with Crippen LogP contribution in [-0.2, 0) is 0 Å². The van der Waals surface area contributed by atoms with Crippen LogP contribution in [0.5, 0.6) is 0 Å². The van der Waals surface area contributed by atoms with E-state index < -0.39 is 0 Å². The minimum Gasteiger partial charge on any atom is -0.409 e. The highest BCUT2D eigenvalue weighted by atomic mass is 79.9. The van der Waals surface area contributed by atoms with Crippen LogP contribution in [0.4, 0.5) is 0 Å². The molecule has 0 saturated carbocycles. The fourth-order valence-corrected chi connectivity index (χ4v) is 3.17. The first-order valence-corrected chi connectivity index (χ1v) is 7.51. The van der Waals surface area contributed by atoms with Crippen molar-refractivity contribution < 1.29 is 5.21 Å². The third kappa shape index (κ3) is 3.32. The summed E-state index contributed by atoms with van der Waals surface area (Å²) in [6.07, 6.45) is 0. The molecule has 1 aromatic heterocycles. The Hall–Kier alpha value is -1.53. The number of rotatable bonds is 3. The quantitative estimate of drug-likeness (QED) is 0.382. The first-order valence-electron chi connectivity index (χ1n) is 5.91. The van der Waals surface area contributed by atoms with E-state index in [2.05, 4.69) is 26.1 Å². The third-order valence-electron chi connectivity index (χ3n) is 2.70. The number of halogens is 1. The Bertz CT molecular complexity index is 656. The molecule has 0 fully saturated rings. The molecule has 20 heavy (non-hydrogen) atoms. The lowest BCUT2D eigenvalue weighted by Gasteiger charge is -2.11. The summed E-state index contributed by atoms with van der Waals surface area (Å²) in [7, 11) is 0. The second-order valence-electron chi connectivity index (χ2n) is 4.30. The lowest BCUT2D eigenvalue weighted by molar-refractivity contribution is 0.318. The number of pyridine rings is 1. The number of hydrogen-bond donors (Lipinski definition) is 2. The molecule has 0 saturated heterocycles. The third-order valence-corrected chi connectivity index (χ3v) is 4.23. The molecular formula is C14H14BrN3OS. The molecule has 6 heteroatoms. The van der Waals surface area contributed by atoms with E-state index in [9.17, 15) is 0 Å². The van der Waals surface area contributed by atoms with E-state index in [1.165, 1.54) is 11.8 Å².